The van der Waals surface area contributed by atoms with E-state index < -0.39 is 10.0 Å². The summed E-state index contributed by atoms with van der Waals surface area (Å²) in [6.45, 7) is 0. The van der Waals surface area contributed by atoms with Crippen molar-refractivity contribution >= 4 is 27.4 Å². The van der Waals surface area contributed by atoms with Gasteiger partial charge >= 0.3 is 0 Å². The number of aromatic nitrogens is 4. The number of nitrogens with zero attached hydrogens (tertiary/aromatic N) is 3. The van der Waals surface area contributed by atoms with Gasteiger partial charge in [0.2, 0.25) is 15.8 Å². The summed E-state index contributed by atoms with van der Waals surface area (Å²) in [6.07, 6.45) is 5.08. The van der Waals surface area contributed by atoms with E-state index in [1.807, 2.05) is 30.3 Å². The standard InChI is InChI=1S/C24H21N5O2S/c1-32(30,31)27-20-7-4-5-16(13-20)14-23-21-8-3-2-6-17(21)9-10-18-15-19(11-12-22(18)23)24-25-28-29-26-24/h2-8,11-15,27H,9-10H2,1H3,(H,25,26,28,29). The number of hydrogen-bond acceptors (Lipinski definition) is 5. The van der Waals surface area contributed by atoms with Gasteiger partial charge in [0.25, 0.3) is 0 Å². The SMILES string of the molecule is CS(=O)(=O)Nc1cccc(C=C2c3ccccc3CCc3cc(-c4nn[nH]n4)ccc32)c1. The molecule has 4 aromatic rings. The number of tetrazole rings is 1. The molecule has 32 heavy (non-hydrogen) atoms. The molecule has 0 amide bonds. The molecule has 3 aromatic carbocycles. The Labute approximate surface area is 186 Å². The zero-order valence-corrected chi connectivity index (χ0v) is 18.2. The third-order valence-corrected chi connectivity index (χ3v) is 6.08. The van der Waals surface area contributed by atoms with Gasteiger partial charge in [-0.05, 0) is 75.7 Å². The number of H-pyrrole nitrogens is 1. The van der Waals surface area contributed by atoms with Gasteiger partial charge in [0, 0.05) is 11.3 Å². The largest absolute Gasteiger partial charge is 0.284 e. The van der Waals surface area contributed by atoms with E-state index in [2.05, 4.69) is 61.8 Å². The highest BCUT2D eigenvalue weighted by Crippen LogP contribution is 2.36. The van der Waals surface area contributed by atoms with E-state index in [1.165, 1.54) is 16.7 Å². The summed E-state index contributed by atoms with van der Waals surface area (Å²) in [6, 6.07) is 22.1. The van der Waals surface area contributed by atoms with Crippen molar-refractivity contribution < 1.29 is 8.42 Å². The maximum Gasteiger partial charge on any atom is 0.229 e. The van der Waals surface area contributed by atoms with E-state index in [4.69, 9.17) is 0 Å². The number of anilines is 1. The second-order valence-corrected chi connectivity index (χ2v) is 9.57. The number of aromatic amines is 1. The predicted octanol–water partition coefficient (Wildman–Crippen LogP) is 3.93. The monoisotopic (exact) mass is 443 g/mol. The number of rotatable bonds is 4. The molecule has 8 heteroatoms. The van der Waals surface area contributed by atoms with Gasteiger partial charge in [-0.2, -0.15) is 5.21 Å². The normalized spacial score (nSPS) is 14.5. The molecule has 1 aromatic heterocycles. The molecular weight excluding hydrogens is 422 g/mol. The summed E-state index contributed by atoms with van der Waals surface area (Å²) in [4.78, 5) is 0. The van der Waals surface area contributed by atoms with Crippen molar-refractivity contribution in [3.63, 3.8) is 0 Å². The fourth-order valence-corrected chi connectivity index (χ4v) is 4.69. The fourth-order valence-electron chi connectivity index (χ4n) is 4.13. The van der Waals surface area contributed by atoms with Gasteiger partial charge in [0.1, 0.15) is 0 Å². The Hall–Kier alpha value is -3.78. The van der Waals surface area contributed by atoms with Gasteiger partial charge < -0.3 is 0 Å². The molecule has 0 radical (unpaired) electrons. The zero-order chi connectivity index (χ0) is 22.1. The van der Waals surface area contributed by atoms with Crippen molar-refractivity contribution in [2.75, 3.05) is 11.0 Å². The van der Waals surface area contributed by atoms with Crippen LogP contribution in [-0.4, -0.2) is 35.3 Å². The lowest BCUT2D eigenvalue weighted by Crippen LogP contribution is -2.09. The van der Waals surface area contributed by atoms with Crippen molar-refractivity contribution in [1.82, 2.24) is 20.6 Å². The summed E-state index contributed by atoms with van der Waals surface area (Å²) in [5, 5.41) is 14.4. The van der Waals surface area contributed by atoms with Crippen LogP contribution in [0.5, 0.6) is 0 Å². The Morgan fingerprint density at radius 3 is 2.56 bits per heavy atom. The second-order valence-electron chi connectivity index (χ2n) is 7.82. The average Bonchev–Trinajstić information content (AvgIpc) is 3.26. The Morgan fingerprint density at radius 2 is 1.75 bits per heavy atom. The van der Waals surface area contributed by atoms with E-state index in [0.717, 1.165) is 41.4 Å². The van der Waals surface area contributed by atoms with Crippen LogP contribution >= 0.6 is 0 Å². The van der Waals surface area contributed by atoms with Crippen LogP contribution in [0.3, 0.4) is 0 Å². The highest BCUT2D eigenvalue weighted by molar-refractivity contribution is 7.92. The Bertz CT molecular complexity index is 1430. The first-order valence-electron chi connectivity index (χ1n) is 10.2. The highest BCUT2D eigenvalue weighted by atomic mass is 32.2. The lowest BCUT2D eigenvalue weighted by atomic mass is 9.91. The smallest absolute Gasteiger partial charge is 0.229 e. The van der Waals surface area contributed by atoms with Crippen LogP contribution < -0.4 is 4.72 Å². The lowest BCUT2D eigenvalue weighted by Gasteiger charge is -2.13. The van der Waals surface area contributed by atoms with Crippen molar-refractivity contribution in [1.29, 1.82) is 0 Å². The third kappa shape index (κ3) is 4.17. The molecule has 7 nitrogen and oxygen atoms in total. The van der Waals surface area contributed by atoms with E-state index in [1.54, 1.807) is 6.07 Å². The molecular formula is C24H21N5O2S. The molecule has 0 fully saturated rings. The van der Waals surface area contributed by atoms with Gasteiger partial charge in [-0.1, -0.05) is 48.5 Å². The van der Waals surface area contributed by atoms with Crippen LogP contribution in [0.25, 0.3) is 23.0 Å². The summed E-state index contributed by atoms with van der Waals surface area (Å²) in [7, 11) is -3.35. The average molecular weight is 444 g/mol. The summed E-state index contributed by atoms with van der Waals surface area (Å²) >= 11 is 0. The Kier molecular flexibility index (Phi) is 5.07. The van der Waals surface area contributed by atoms with Gasteiger partial charge in [-0.25, -0.2) is 8.42 Å². The van der Waals surface area contributed by atoms with E-state index in [0.29, 0.717) is 11.5 Å². The number of aryl methyl sites for hydroxylation is 2. The second kappa shape index (κ2) is 8.05. The van der Waals surface area contributed by atoms with Gasteiger partial charge in [-0.3, -0.25) is 4.72 Å². The first kappa shape index (κ1) is 20.1. The fraction of sp³-hybridized carbons (Fsp3) is 0.125. The van der Waals surface area contributed by atoms with Crippen LogP contribution in [0, 0.1) is 0 Å². The Balaban J connectivity index is 1.65. The van der Waals surface area contributed by atoms with Gasteiger partial charge in [0.05, 0.1) is 6.26 Å². The number of fused-ring (bicyclic) bond motifs is 2. The van der Waals surface area contributed by atoms with Crippen molar-refractivity contribution in [3.8, 4) is 11.4 Å². The maximum absolute atomic E-state index is 11.7. The molecule has 1 aliphatic rings. The quantitative estimate of drug-likeness (QED) is 0.498. The summed E-state index contributed by atoms with van der Waals surface area (Å²) < 4.78 is 25.9. The van der Waals surface area contributed by atoms with Crippen LogP contribution in [0.4, 0.5) is 5.69 Å². The van der Waals surface area contributed by atoms with E-state index in [9.17, 15) is 8.42 Å². The van der Waals surface area contributed by atoms with Crippen molar-refractivity contribution in [2.45, 2.75) is 12.8 Å². The van der Waals surface area contributed by atoms with Crippen LogP contribution in [-0.2, 0) is 22.9 Å². The molecule has 0 bridgehead atoms. The van der Waals surface area contributed by atoms with Crippen molar-refractivity contribution in [3.05, 3.63) is 94.5 Å². The molecule has 2 N–H and O–H groups in total. The summed E-state index contributed by atoms with van der Waals surface area (Å²) in [5.41, 5.74) is 8.28. The molecule has 1 aliphatic carbocycles. The lowest BCUT2D eigenvalue weighted by molar-refractivity contribution is 0.607. The molecule has 0 saturated heterocycles. The molecule has 0 saturated carbocycles. The highest BCUT2D eigenvalue weighted by Gasteiger charge is 2.19. The van der Waals surface area contributed by atoms with E-state index >= 15 is 0 Å². The number of nitrogens with one attached hydrogen (secondary N) is 2. The van der Waals surface area contributed by atoms with Crippen LogP contribution in [0.2, 0.25) is 0 Å². The van der Waals surface area contributed by atoms with Crippen molar-refractivity contribution in [2.24, 2.45) is 0 Å². The van der Waals surface area contributed by atoms with Gasteiger partial charge in [-0.15, -0.1) is 10.2 Å². The van der Waals surface area contributed by atoms with Crippen LogP contribution in [0.15, 0.2) is 66.7 Å². The molecule has 0 unspecified atom stereocenters. The third-order valence-electron chi connectivity index (χ3n) is 5.47. The molecule has 0 spiro atoms. The summed E-state index contributed by atoms with van der Waals surface area (Å²) in [5.74, 6) is 0.569. The van der Waals surface area contributed by atoms with Crippen LogP contribution in [0.1, 0.15) is 27.8 Å². The number of benzene rings is 3. The number of hydrogen-bond donors (Lipinski definition) is 2. The van der Waals surface area contributed by atoms with Gasteiger partial charge in [0.15, 0.2) is 0 Å². The minimum Gasteiger partial charge on any atom is -0.284 e. The molecule has 0 aliphatic heterocycles. The van der Waals surface area contributed by atoms with E-state index in [-0.39, 0.29) is 0 Å². The maximum atomic E-state index is 11.7. The number of sulfonamides is 1. The predicted molar refractivity (Wildman–Crippen MR) is 125 cm³/mol. The molecule has 0 atom stereocenters. The molecule has 1 heterocycles. The molecule has 160 valence electrons. The zero-order valence-electron chi connectivity index (χ0n) is 17.4. The topological polar surface area (TPSA) is 101 Å². The minimum absolute atomic E-state index is 0.538. The first-order chi connectivity index (χ1) is 15.5. The first-order valence-corrected chi connectivity index (χ1v) is 12.1. The molecule has 5 rings (SSSR count). The minimum atomic E-state index is -3.35. The Morgan fingerprint density at radius 1 is 0.938 bits per heavy atom.